The first-order valence-electron chi connectivity index (χ1n) is 5.86. The summed E-state index contributed by atoms with van der Waals surface area (Å²) in [6.07, 6.45) is 0. The van der Waals surface area contributed by atoms with Gasteiger partial charge in [-0.15, -0.1) is 0 Å². The second kappa shape index (κ2) is 4.28. The van der Waals surface area contributed by atoms with Crippen LogP contribution in [0.15, 0.2) is 30.3 Å². The number of rotatable bonds is 0. The third-order valence-corrected chi connectivity index (χ3v) is 3.66. The molecular weight excluding hydrogens is 264 g/mol. The zero-order chi connectivity index (χ0) is 13.6. The van der Waals surface area contributed by atoms with E-state index >= 15 is 0 Å². The molecule has 0 saturated carbocycles. The quantitative estimate of drug-likeness (QED) is 0.745. The van der Waals surface area contributed by atoms with Gasteiger partial charge in [-0.2, -0.15) is 0 Å². The van der Waals surface area contributed by atoms with E-state index in [-0.39, 0.29) is 18.3 Å². The number of benzene rings is 2. The van der Waals surface area contributed by atoms with Crippen LogP contribution in [0.25, 0.3) is 11.1 Å². The van der Waals surface area contributed by atoms with E-state index < -0.39 is 0 Å². The van der Waals surface area contributed by atoms with Crippen LogP contribution < -0.4 is 0 Å². The van der Waals surface area contributed by atoms with Gasteiger partial charge < -0.3 is 9.84 Å². The number of ether oxygens (including phenoxy) is 1. The number of cyclic esters (lactones) is 1. The molecule has 0 bridgehead atoms. The molecule has 1 heterocycles. The number of fused-ring (bicyclic) bond motifs is 3. The molecule has 0 aromatic heterocycles. The van der Waals surface area contributed by atoms with Gasteiger partial charge in [0.05, 0.1) is 5.56 Å². The van der Waals surface area contributed by atoms with Gasteiger partial charge in [-0.25, -0.2) is 4.79 Å². The lowest BCUT2D eigenvalue weighted by molar-refractivity contribution is 0.0478. The van der Waals surface area contributed by atoms with Gasteiger partial charge in [0.2, 0.25) is 0 Å². The monoisotopic (exact) mass is 274 g/mol. The SMILES string of the molecule is Cc1cc2c(cc1Cl)-c1ccc(O)cc1COC2=O. The van der Waals surface area contributed by atoms with Crippen LogP contribution in [0, 0.1) is 6.92 Å². The standard InChI is InChI=1S/C15H11ClO3/c1-8-4-13-12(6-14(8)16)11-3-2-10(17)5-9(11)7-19-15(13)18/h2-6,17H,7H2,1H3. The lowest BCUT2D eigenvalue weighted by atomic mass is 9.95. The molecule has 2 aromatic rings. The van der Waals surface area contributed by atoms with Crippen molar-refractivity contribution >= 4 is 17.6 Å². The highest BCUT2D eigenvalue weighted by atomic mass is 35.5. The van der Waals surface area contributed by atoms with Crippen LogP contribution >= 0.6 is 11.6 Å². The minimum absolute atomic E-state index is 0.147. The van der Waals surface area contributed by atoms with Gasteiger partial charge in [-0.05, 0) is 47.9 Å². The van der Waals surface area contributed by atoms with E-state index in [1.807, 2.05) is 6.92 Å². The molecule has 2 aromatic carbocycles. The van der Waals surface area contributed by atoms with Crippen molar-refractivity contribution in [3.8, 4) is 16.9 Å². The van der Waals surface area contributed by atoms with Gasteiger partial charge in [0.1, 0.15) is 12.4 Å². The number of carbonyl (C=O) groups excluding carboxylic acids is 1. The summed E-state index contributed by atoms with van der Waals surface area (Å²) in [7, 11) is 0. The van der Waals surface area contributed by atoms with Gasteiger partial charge in [0, 0.05) is 10.6 Å². The van der Waals surface area contributed by atoms with Crippen LogP contribution in [0.5, 0.6) is 5.75 Å². The molecule has 4 heteroatoms. The van der Waals surface area contributed by atoms with Gasteiger partial charge in [0.15, 0.2) is 0 Å². The lowest BCUT2D eigenvalue weighted by Crippen LogP contribution is -2.03. The van der Waals surface area contributed by atoms with E-state index in [1.165, 1.54) is 0 Å². The van der Waals surface area contributed by atoms with E-state index in [9.17, 15) is 9.90 Å². The highest BCUT2D eigenvalue weighted by Gasteiger charge is 2.22. The van der Waals surface area contributed by atoms with Gasteiger partial charge >= 0.3 is 5.97 Å². The van der Waals surface area contributed by atoms with Crippen LogP contribution in [0.4, 0.5) is 0 Å². The maximum absolute atomic E-state index is 12.0. The largest absolute Gasteiger partial charge is 0.508 e. The maximum atomic E-state index is 12.0. The number of halogens is 1. The van der Waals surface area contributed by atoms with E-state index in [4.69, 9.17) is 16.3 Å². The summed E-state index contributed by atoms with van der Waals surface area (Å²) in [5.41, 5.74) is 3.71. The summed E-state index contributed by atoms with van der Waals surface area (Å²) < 4.78 is 5.21. The van der Waals surface area contributed by atoms with E-state index in [2.05, 4.69) is 0 Å². The van der Waals surface area contributed by atoms with Crippen molar-refractivity contribution in [3.05, 3.63) is 52.0 Å². The first kappa shape index (κ1) is 12.1. The number of carbonyl (C=O) groups is 1. The predicted molar refractivity (Wildman–Crippen MR) is 72.4 cm³/mol. The maximum Gasteiger partial charge on any atom is 0.339 e. The number of phenols is 1. The molecular formula is C15H11ClO3. The molecule has 3 nitrogen and oxygen atoms in total. The topological polar surface area (TPSA) is 46.5 Å². The molecule has 0 radical (unpaired) electrons. The molecule has 0 unspecified atom stereocenters. The Labute approximate surface area is 115 Å². The van der Waals surface area contributed by atoms with Crippen molar-refractivity contribution in [3.63, 3.8) is 0 Å². The van der Waals surface area contributed by atoms with Crippen molar-refractivity contribution in [1.29, 1.82) is 0 Å². The van der Waals surface area contributed by atoms with Crippen LogP contribution in [-0.2, 0) is 11.3 Å². The van der Waals surface area contributed by atoms with Crippen LogP contribution in [0.2, 0.25) is 5.02 Å². The van der Waals surface area contributed by atoms with Gasteiger partial charge in [0.25, 0.3) is 0 Å². The second-order valence-electron chi connectivity index (χ2n) is 4.56. The minimum Gasteiger partial charge on any atom is -0.508 e. The number of phenolic OH excluding ortho intramolecular Hbond substituents is 1. The molecule has 0 fully saturated rings. The minimum atomic E-state index is -0.370. The molecule has 19 heavy (non-hydrogen) atoms. The Balaban J connectivity index is 2.33. The summed E-state index contributed by atoms with van der Waals surface area (Å²) in [5, 5.41) is 10.1. The number of aromatic hydroxyl groups is 1. The third kappa shape index (κ3) is 1.96. The molecule has 1 N–H and O–H groups in total. The summed E-state index contributed by atoms with van der Waals surface area (Å²) in [6, 6.07) is 8.48. The Bertz CT molecular complexity index is 692. The van der Waals surface area contributed by atoms with Gasteiger partial charge in [-0.1, -0.05) is 17.7 Å². The Hall–Kier alpha value is -2.00. The van der Waals surface area contributed by atoms with E-state index in [0.29, 0.717) is 10.6 Å². The van der Waals surface area contributed by atoms with E-state index in [0.717, 1.165) is 22.3 Å². The summed E-state index contributed by atoms with van der Waals surface area (Å²) in [4.78, 5) is 12.0. The highest BCUT2D eigenvalue weighted by Crippen LogP contribution is 2.36. The number of hydrogen-bond donors (Lipinski definition) is 1. The third-order valence-electron chi connectivity index (χ3n) is 3.26. The highest BCUT2D eigenvalue weighted by molar-refractivity contribution is 6.32. The summed E-state index contributed by atoms with van der Waals surface area (Å²) >= 11 is 6.14. The predicted octanol–water partition coefficient (Wildman–Crippen LogP) is 3.69. The van der Waals surface area contributed by atoms with Crippen molar-refractivity contribution in [1.82, 2.24) is 0 Å². The zero-order valence-corrected chi connectivity index (χ0v) is 11.0. The molecule has 3 rings (SSSR count). The van der Waals surface area contributed by atoms with Crippen LogP contribution in [0.3, 0.4) is 0 Å². The summed E-state index contributed by atoms with van der Waals surface area (Å²) in [5.74, 6) is -0.220. The molecule has 0 spiro atoms. The fourth-order valence-corrected chi connectivity index (χ4v) is 2.42. The number of esters is 1. The molecule has 1 aliphatic rings. The van der Waals surface area contributed by atoms with Crippen LogP contribution in [-0.4, -0.2) is 11.1 Å². The average molecular weight is 275 g/mol. The van der Waals surface area contributed by atoms with Crippen LogP contribution in [0.1, 0.15) is 21.5 Å². The van der Waals surface area contributed by atoms with Crippen molar-refractivity contribution in [2.24, 2.45) is 0 Å². The smallest absolute Gasteiger partial charge is 0.339 e. The Morgan fingerprint density at radius 3 is 2.74 bits per heavy atom. The first-order valence-corrected chi connectivity index (χ1v) is 6.23. The average Bonchev–Trinajstić information content (AvgIpc) is 2.50. The Kier molecular flexibility index (Phi) is 2.72. The Morgan fingerprint density at radius 1 is 1.16 bits per heavy atom. The molecule has 96 valence electrons. The first-order chi connectivity index (χ1) is 9.06. The van der Waals surface area contributed by atoms with Crippen molar-refractivity contribution in [2.75, 3.05) is 0 Å². The van der Waals surface area contributed by atoms with E-state index in [1.54, 1.807) is 30.3 Å². The fraction of sp³-hybridized carbons (Fsp3) is 0.133. The molecule has 0 saturated heterocycles. The normalized spacial score (nSPS) is 13.3. The zero-order valence-electron chi connectivity index (χ0n) is 10.2. The lowest BCUT2D eigenvalue weighted by Gasteiger charge is -2.09. The number of hydrogen-bond acceptors (Lipinski definition) is 3. The molecule has 0 atom stereocenters. The fourth-order valence-electron chi connectivity index (χ4n) is 2.26. The van der Waals surface area contributed by atoms with Crippen molar-refractivity contribution < 1.29 is 14.6 Å². The van der Waals surface area contributed by atoms with Crippen molar-refractivity contribution in [2.45, 2.75) is 13.5 Å². The number of aryl methyl sites for hydroxylation is 1. The molecule has 0 amide bonds. The second-order valence-corrected chi connectivity index (χ2v) is 4.97. The summed E-state index contributed by atoms with van der Waals surface area (Å²) in [6.45, 7) is 1.99. The Morgan fingerprint density at radius 2 is 1.95 bits per heavy atom. The molecule has 1 aliphatic heterocycles. The molecule has 0 aliphatic carbocycles. The van der Waals surface area contributed by atoms with Gasteiger partial charge in [-0.3, -0.25) is 0 Å².